The van der Waals surface area contributed by atoms with E-state index in [1.807, 2.05) is 0 Å². The molecule has 1 aliphatic rings. The van der Waals surface area contributed by atoms with Gasteiger partial charge in [0.1, 0.15) is 5.75 Å². The summed E-state index contributed by atoms with van der Waals surface area (Å²) in [7, 11) is -3.19. The summed E-state index contributed by atoms with van der Waals surface area (Å²) in [6.45, 7) is 0. The number of carbonyl (C=O) groups excluding carboxylic acids is 1. The number of phenolic OH excluding ortho intramolecular Hbond substituents is 1. The number of sulfone groups is 1. The van der Waals surface area contributed by atoms with Crippen molar-refractivity contribution in [2.24, 2.45) is 5.73 Å². The van der Waals surface area contributed by atoms with Gasteiger partial charge in [-0.2, -0.15) is 0 Å². The predicted molar refractivity (Wildman–Crippen MR) is 74.6 cm³/mol. The van der Waals surface area contributed by atoms with E-state index in [2.05, 4.69) is 5.32 Å². The maximum Gasteiger partial charge on any atom is 0.237 e. The first-order valence-electron chi connectivity index (χ1n) is 6.10. The minimum absolute atomic E-state index is 0.120. The first-order chi connectivity index (χ1) is 9.35. The van der Waals surface area contributed by atoms with Crippen molar-refractivity contribution in [1.82, 2.24) is 5.32 Å². The van der Waals surface area contributed by atoms with Crippen molar-refractivity contribution in [2.45, 2.75) is 18.5 Å². The van der Waals surface area contributed by atoms with Gasteiger partial charge in [0.25, 0.3) is 0 Å². The smallest absolute Gasteiger partial charge is 0.237 e. The van der Waals surface area contributed by atoms with Gasteiger partial charge in [-0.05, 0) is 30.2 Å². The molecule has 1 unspecified atom stereocenters. The Kier molecular flexibility index (Phi) is 4.10. The first kappa shape index (κ1) is 14.5. The van der Waals surface area contributed by atoms with Crippen LogP contribution in [0.25, 0.3) is 0 Å². The van der Waals surface area contributed by atoms with E-state index < -0.39 is 27.8 Å². The molecule has 1 aromatic rings. The van der Waals surface area contributed by atoms with Crippen molar-refractivity contribution >= 4 is 15.7 Å². The van der Waals surface area contributed by atoms with Gasteiger partial charge >= 0.3 is 0 Å². The Morgan fingerprint density at radius 1 is 1.40 bits per heavy atom. The zero-order valence-corrected chi connectivity index (χ0v) is 11.5. The molecule has 1 heterocycles. The number of carbonyl (C=O) groups is 1. The molecule has 4 N–H and O–H groups in total. The van der Waals surface area contributed by atoms with E-state index >= 15 is 0 Å². The molecule has 0 radical (unpaired) electrons. The quantitative estimate of drug-likeness (QED) is 0.706. The van der Waals surface area contributed by atoms with E-state index in [0.717, 1.165) is 11.0 Å². The van der Waals surface area contributed by atoms with Gasteiger partial charge in [0.2, 0.25) is 5.91 Å². The molecule has 1 aliphatic heterocycles. The molecule has 6 nitrogen and oxygen atoms in total. The van der Waals surface area contributed by atoms with Gasteiger partial charge in [0.15, 0.2) is 9.84 Å². The molecule has 7 heteroatoms. The van der Waals surface area contributed by atoms with Crippen molar-refractivity contribution in [1.29, 1.82) is 0 Å². The van der Waals surface area contributed by atoms with Crippen molar-refractivity contribution in [3.63, 3.8) is 0 Å². The van der Waals surface area contributed by atoms with Gasteiger partial charge in [-0.25, -0.2) is 8.42 Å². The Labute approximate surface area is 117 Å². The SMILES string of the molecule is N[C@@H](Cc1ccc(O)cc1)C(=O)NC1C=CS(=O)(=O)C1. The molecule has 108 valence electrons. The van der Waals surface area contributed by atoms with Gasteiger partial charge in [0.05, 0.1) is 17.8 Å². The van der Waals surface area contributed by atoms with Crippen LogP contribution in [0, 0.1) is 0 Å². The number of benzene rings is 1. The molecule has 2 atom stereocenters. The fraction of sp³-hybridized carbons (Fsp3) is 0.308. The lowest BCUT2D eigenvalue weighted by molar-refractivity contribution is -0.122. The normalized spacial score (nSPS) is 21.6. The number of phenols is 1. The van der Waals surface area contributed by atoms with E-state index in [9.17, 15) is 13.2 Å². The molecular weight excluding hydrogens is 280 g/mol. The summed E-state index contributed by atoms with van der Waals surface area (Å²) in [4.78, 5) is 11.9. The van der Waals surface area contributed by atoms with Crippen LogP contribution in [0.1, 0.15) is 5.56 Å². The van der Waals surface area contributed by atoms with E-state index in [-0.39, 0.29) is 11.5 Å². The van der Waals surface area contributed by atoms with Crippen LogP contribution in [0.2, 0.25) is 0 Å². The Hall–Kier alpha value is -1.86. The van der Waals surface area contributed by atoms with Crippen molar-refractivity contribution in [2.75, 3.05) is 5.75 Å². The first-order valence-corrected chi connectivity index (χ1v) is 7.82. The maximum atomic E-state index is 11.9. The van der Waals surface area contributed by atoms with Gasteiger partial charge < -0.3 is 16.2 Å². The molecule has 0 fully saturated rings. The molecule has 0 spiro atoms. The summed E-state index contributed by atoms with van der Waals surface area (Å²) < 4.78 is 22.4. The number of hydrogen-bond donors (Lipinski definition) is 3. The Morgan fingerprint density at radius 3 is 2.60 bits per heavy atom. The number of amides is 1. The molecule has 2 rings (SSSR count). The maximum absolute atomic E-state index is 11.9. The fourth-order valence-electron chi connectivity index (χ4n) is 1.93. The van der Waals surface area contributed by atoms with E-state index in [1.54, 1.807) is 12.1 Å². The van der Waals surface area contributed by atoms with Crippen LogP contribution in [-0.2, 0) is 21.1 Å². The number of aromatic hydroxyl groups is 1. The minimum Gasteiger partial charge on any atom is -0.508 e. The highest BCUT2D eigenvalue weighted by molar-refractivity contribution is 7.94. The van der Waals surface area contributed by atoms with E-state index in [1.165, 1.54) is 18.2 Å². The molecule has 0 bridgehead atoms. The highest BCUT2D eigenvalue weighted by Gasteiger charge is 2.25. The second kappa shape index (κ2) is 5.64. The average Bonchev–Trinajstić information content (AvgIpc) is 2.71. The lowest BCUT2D eigenvalue weighted by atomic mass is 10.1. The van der Waals surface area contributed by atoms with E-state index in [0.29, 0.717) is 6.42 Å². The van der Waals surface area contributed by atoms with Gasteiger partial charge in [0, 0.05) is 5.41 Å². The molecule has 0 saturated carbocycles. The lowest BCUT2D eigenvalue weighted by Gasteiger charge is -2.15. The molecule has 0 aliphatic carbocycles. The zero-order valence-electron chi connectivity index (χ0n) is 10.7. The van der Waals surface area contributed by atoms with Crippen LogP contribution >= 0.6 is 0 Å². The fourth-order valence-corrected chi connectivity index (χ4v) is 3.17. The minimum atomic E-state index is -3.19. The molecular formula is C13H16N2O4S. The van der Waals surface area contributed by atoms with Crippen LogP contribution in [-0.4, -0.2) is 37.3 Å². The number of nitrogens with one attached hydrogen (secondary N) is 1. The molecule has 0 aromatic heterocycles. The number of nitrogens with two attached hydrogens (primary N) is 1. The number of rotatable bonds is 4. The molecule has 1 aromatic carbocycles. The van der Waals surface area contributed by atoms with Crippen molar-refractivity contribution < 1.29 is 18.3 Å². The summed E-state index contributed by atoms with van der Waals surface area (Å²) >= 11 is 0. The molecule has 1 amide bonds. The van der Waals surface area contributed by atoms with Gasteiger partial charge in [-0.3, -0.25) is 4.79 Å². The topological polar surface area (TPSA) is 109 Å². The Morgan fingerprint density at radius 2 is 2.05 bits per heavy atom. The monoisotopic (exact) mass is 296 g/mol. The highest BCUT2D eigenvalue weighted by atomic mass is 32.2. The molecule has 20 heavy (non-hydrogen) atoms. The Balaban J connectivity index is 1.89. The predicted octanol–water partition coefficient (Wildman–Crippen LogP) is -0.311. The van der Waals surface area contributed by atoms with Crippen molar-refractivity contribution in [3.8, 4) is 5.75 Å². The van der Waals surface area contributed by atoms with Crippen LogP contribution < -0.4 is 11.1 Å². The molecule has 0 saturated heterocycles. The summed E-state index contributed by atoms with van der Waals surface area (Å²) in [5.74, 6) is -0.372. The average molecular weight is 296 g/mol. The summed E-state index contributed by atoms with van der Waals surface area (Å²) in [6, 6.07) is 5.12. The standard InChI is InChI=1S/C13H16N2O4S/c14-12(7-9-1-3-11(16)4-2-9)13(17)15-10-5-6-20(18,19)8-10/h1-6,10,12,16H,7-8,14H2,(H,15,17)/t10?,12-/m0/s1. The third-order valence-corrected chi connectivity index (χ3v) is 4.38. The second-order valence-corrected chi connectivity index (χ2v) is 6.68. The zero-order chi connectivity index (χ0) is 14.8. The van der Waals surface area contributed by atoms with E-state index in [4.69, 9.17) is 10.8 Å². The third-order valence-electron chi connectivity index (χ3n) is 2.99. The van der Waals surface area contributed by atoms with Crippen LogP contribution in [0.5, 0.6) is 5.75 Å². The van der Waals surface area contributed by atoms with Gasteiger partial charge in [-0.1, -0.05) is 12.1 Å². The summed E-state index contributed by atoms with van der Waals surface area (Å²) in [5, 5.41) is 12.9. The Bertz CT molecular complexity index is 622. The highest BCUT2D eigenvalue weighted by Crippen LogP contribution is 2.11. The summed E-state index contributed by atoms with van der Waals surface area (Å²) in [6.07, 6.45) is 1.76. The third kappa shape index (κ3) is 3.82. The van der Waals surface area contributed by atoms with Crippen LogP contribution in [0.4, 0.5) is 0 Å². The van der Waals surface area contributed by atoms with Gasteiger partial charge in [-0.15, -0.1) is 0 Å². The lowest BCUT2D eigenvalue weighted by Crippen LogP contribution is -2.46. The largest absolute Gasteiger partial charge is 0.508 e. The summed E-state index contributed by atoms with van der Waals surface area (Å²) in [5.41, 5.74) is 6.60. The second-order valence-electron chi connectivity index (χ2n) is 4.75. The van der Waals surface area contributed by atoms with Crippen LogP contribution in [0.15, 0.2) is 35.7 Å². The van der Waals surface area contributed by atoms with Crippen molar-refractivity contribution in [3.05, 3.63) is 41.3 Å². The van der Waals surface area contributed by atoms with Crippen LogP contribution in [0.3, 0.4) is 0 Å². The number of hydrogen-bond acceptors (Lipinski definition) is 5.